The van der Waals surface area contributed by atoms with Crippen molar-refractivity contribution in [1.82, 2.24) is 5.32 Å². The molecule has 0 aromatic heterocycles. The maximum absolute atomic E-state index is 11.2. The van der Waals surface area contributed by atoms with Crippen LogP contribution in [0.4, 0.5) is 4.79 Å². The second-order valence-electron chi connectivity index (χ2n) is 4.25. The first-order valence-electron chi connectivity index (χ1n) is 4.96. The van der Waals surface area contributed by atoms with Gasteiger partial charge in [-0.15, -0.1) is 0 Å². The molecule has 15 heavy (non-hydrogen) atoms. The summed E-state index contributed by atoms with van der Waals surface area (Å²) < 4.78 is 4.99. The van der Waals surface area contributed by atoms with E-state index >= 15 is 0 Å². The van der Waals surface area contributed by atoms with E-state index in [9.17, 15) is 9.59 Å². The van der Waals surface area contributed by atoms with E-state index in [1.807, 2.05) is 0 Å². The Morgan fingerprint density at radius 3 is 2.53 bits per heavy atom. The summed E-state index contributed by atoms with van der Waals surface area (Å²) in [7, 11) is 0. The van der Waals surface area contributed by atoms with E-state index in [2.05, 4.69) is 5.32 Å². The van der Waals surface area contributed by atoms with Crippen molar-refractivity contribution in [3.05, 3.63) is 0 Å². The Morgan fingerprint density at radius 1 is 1.53 bits per heavy atom. The van der Waals surface area contributed by atoms with Gasteiger partial charge in [-0.25, -0.2) is 4.79 Å². The van der Waals surface area contributed by atoms with Gasteiger partial charge < -0.3 is 15.8 Å². The third kappa shape index (κ3) is 7.93. The van der Waals surface area contributed by atoms with Crippen LogP contribution in [0.2, 0.25) is 0 Å². The maximum atomic E-state index is 11.2. The topological polar surface area (TPSA) is 81.4 Å². The first kappa shape index (κ1) is 13.9. The zero-order valence-corrected chi connectivity index (χ0v) is 9.50. The molecular formula is C10H19N2O3. The molecule has 0 spiro atoms. The molecule has 1 atom stereocenters. The lowest BCUT2D eigenvalue weighted by molar-refractivity contribution is 0.0515. The number of hydrogen-bond donors (Lipinski definition) is 2. The number of amides is 1. The van der Waals surface area contributed by atoms with Gasteiger partial charge in [0.15, 0.2) is 0 Å². The van der Waals surface area contributed by atoms with Crippen molar-refractivity contribution in [2.24, 2.45) is 5.73 Å². The van der Waals surface area contributed by atoms with Gasteiger partial charge in [-0.3, -0.25) is 4.79 Å². The Balaban J connectivity index is 3.96. The Kier molecular flexibility index (Phi) is 5.93. The van der Waals surface area contributed by atoms with Crippen LogP contribution in [0.1, 0.15) is 33.6 Å². The highest BCUT2D eigenvalue weighted by atomic mass is 16.6. The number of alkyl carbamates (subject to hydrolysis) is 1. The number of nitrogens with two attached hydrogens (primary N) is 1. The summed E-state index contributed by atoms with van der Waals surface area (Å²) in [6, 6.07) is -0.636. The average Bonchev–Trinajstić information content (AvgIpc) is 2.09. The minimum absolute atomic E-state index is 0.480. The number of rotatable bonds is 5. The molecule has 3 N–H and O–H groups in total. The molecule has 0 unspecified atom stereocenters. The number of carbonyl (C=O) groups is 1. The molecule has 0 aromatic rings. The van der Waals surface area contributed by atoms with Crippen molar-refractivity contribution in [3.8, 4) is 0 Å². The summed E-state index contributed by atoms with van der Waals surface area (Å²) in [6.45, 7) is 5.75. The molecule has 0 aliphatic heterocycles. The van der Waals surface area contributed by atoms with Crippen LogP contribution in [0.25, 0.3) is 0 Å². The van der Waals surface area contributed by atoms with E-state index in [0.717, 1.165) is 0 Å². The van der Waals surface area contributed by atoms with Gasteiger partial charge in [-0.1, -0.05) is 0 Å². The van der Waals surface area contributed by atoms with Crippen molar-refractivity contribution < 1.29 is 14.3 Å². The number of ether oxygens (including phenoxy) is 1. The Labute approximate surface area is 90.4 Å². The Bertz CT molecular complexity index is 211. The molecule has 0 fully saturated rings. The van der Waals surface area contributed by atoms with Crippen LogP contribution in [0, 0.1) is 0 Å². The molecule has 0 aliphatic rings. The van der Waals surface area contributed by atoms with Crippen LogP contribution in [0.15, 0.2) is 0 Å². The van der Waals surface area contributed by atoms with Gasteiger partial charge >= 0.3 is 6.09 Å². The molecule has 0 saturated carbocycles. The minimum Gasteiger partial charge on any atom is -0.444 e. The van der Waals surface area contributed by atoms with E-state index in [1.165, 1.54) is 0 Å². The first-order chi connectivity index (χ1) is 6.89. The highest BCUT2D eigenvalue weighted by Crippen LogP contribution is 2.07. The fourth-order valence-electron chi connectivity index (χ4n) is 0.932. The van der Waals surface area contributed by atoms with E-state index in [0.29, 0.717) is 19.4 Å². The molecule has 0 rings (SSSR count). The third-order valence-electron chi connectivity index (χ3n) is 1.53. The summed E-state index contributed by atoms with van der Waals surface area (Å²) in [5.74, 6) is 0. The van der Waals surface area contributed by atoms with Gasteiger partial charge in [0.2, 0.25) is 6.29 Å². The second kappa shape index (κ2) is 6.40. The Morgan fingerprint density at radius 2 is 2.13 bits per heavy atom. The van der Waals surface area contributed by atoms with Gasteiger partial charge in [0, 0.05) is 0 Å². The molecule has 87 valence electrons. The van der Waals surface area contributed by atoms with Crippen molar-refractivity contribution in [1.29, 1.82) is 0 Å². The van der Waals surface area contributed by atoms with Gasteiger partial charge in [-0.2, -0.15) is 0 Å². The predicted octanol–water partition coefficient (Wildman–Crippen LogP) is 0.728. The van der Waals surface area contributed by atoms with E-state index < -0.39 is 17.7 Å². The molecule has 1 amide bonds. The summed E-state index contributed by atoms with van der Waals surface area (Å²) in [5, 5.41) is 2.42. The Hall–Kier alpha value is -1.10. The summed E-state index contributed by atoms with van der Waals surface area (Å²) in [4.78, 5) is 21.7. The van der Waals surface area contributed by atoms with Gasteiger partial charge in [0.25, 0.3) is 0 Å². The zero-order chi connectivity index (χ0) is 11.9. The number of hydrogen-bond acceptors (Lipinski definition) is 4. The van der Waals surface area contributed by atoms with E-state index in [4.69, 9.17) is 10.5 Å². The molecule has 0 aromatic carbocycles. The molecule has 0 heterocycles. The largest absolute Gasteiger partial charge is 0.444 e. The van der Waals surface area contributed by atoms with Gasteiger partial charge in [0.05, 0.1) is 6.04 Å². The molecular weight excluding hydrogens is 196 g/mol. The standard InChI is InChI=1S/C10H19N2O3/c1-10(2,3)15-9(14)12-8(7-13)5-4-6-11/h8H,4-6,11H2,1-3H3,(H,12,14)/t8-/m1/s1. The fraction of sp³-hybridized carbons (Fsp3) is 0.800. The number of carbonyl (C=O) groups excluding carboxylic acids is 2. The summed E-state index contributed by atoms with van der Waals surface area (Å²) in [5.41, 5.74) is 4.73. The van der Waals surface area contributed by atoms with Crippen LogP contribution in [0.5, 0.6) is 0 Å². The van der Waals surface area contributed by atoms with Crippen molar-refractivity contribution in [2.75, 3.05) is 6.54 Å². The third-order valence-corrected chi connectivity index (χ3v) is 1.53. The van der Waals surface area contributed by atoms with E-state index in [1.54, 1.807) is 27.1 Å². The molecule has 1 radical (unpaired) electrons. The molecule has 0 saturated heterocycles. The number of nitrogens with one attached hydrogen (secondary N) is 1. The minimum atomic E-state index is -0.636. The monoisotopic (exact) mass is 215 g/mol. The lowest BCUT2D eigenvalue weighted by atomic mass is 10.2. The van der Waals surface area contributed by atoms with Crippen LogP contribution in [0.3, 0.4) is 0 Å². The van der Waals surface area contributed by atoms with Crippen LogP contribution in [-0.4, -0.2) is 30.6 Å². The van der Waals surface area contributed by atoms with Crippen LogP contribution >= 0.6 is 0 Å². The molecule has 0 bridgehead atoms. The fourth-order valence-corrected chi connectivity index (χ4v) is 0.932. The van der Waals surface area contributed by atoms with Crippen molar-refractivity contribution in [2.45, 2.75) is 45.3 Å². The predicted molar refractivity (Wildman–Crippen MR) is 57.1 cm³/mol. The smallest absolute Gasteiger partial charge is 0.408 e. The summed E-state index contributed by atoms with van der Waals surface area (Å²) >= 11 is 0. The highest BCUT2D eigenvalue weighted by molar-refractivity contribution is 5.73. The lowest BCUT2D eigenvalue weighted by Gasteiger charge is -2.21. The van der Waals surface area contributed by atoms with Crippen LogP contribution < -0.4 is 11.1 Å². The quantitative estimate of drug-likeness (QED) is 0.708. The lowest BCUT2D eigenvalue weighted by Crippen LogP contribution is -2.40. The van der Waals surface area contributed by atoms with Crippen molar-refractivity contribution >= 4 is 12.4 Å². The molecule has 5 heteroatoms. The van der Waals surface area contributed by atoms with E-state index in [-0.39, 0.29) is 0 Å². The van der Waals surface area contributed by atoms with Crippen molar-refractivity contribution in [3.63, 3.8) is 0 Å². The second-order valence-corrected chi connectivity index (χ2v) is 4.25. The normalized spacial score (nSPS) is 13.1. The molecule has 0 aliphatic carbocycles. The highest BCUT2D eigenvalue weighted by Gasteiger charge is 2.19. The summed E-state index contributed by atoms with van der Waals surface area (Å²) in [6.07, 6.45) is 2.28. The zero-order valence-electron chi connectivity index (χ0n) is 9.50. The van der Waals surface area contributed by atoms with Gasteiger partial charge in [-0.05, 0) is 40.2 Å². The maximum Gasteiger partial charge on any atom is 0.408 e. The average molecular weight is 215 g/mol. The van der Waals surface area contributed by atoms with Gasteiger partial charge in [0.1, 0.15) is 5.60 Å². The first-order valence-corrected chi connectivity index (χ1v) is 4.96. The van der Waals surface area contributed by atoms with Crippen LogP contribution in [-0.2, 0) is 9.53 Å². The molecule has 5 nitrogen and oxygen atoms in total. The SMILES string of the molecule is CC(C)(C)OC(=O)N[C@@H]([C]=O)CCCN.